The van der Waals surface area contributed by atoms with E-state index in [-0.39, 0.29) is 13.0 Å². The molecule has 8 nitrogen and oxygen atoms in total. The second-order valence-corrected chi connectivity index (χ2v) is 9.53. The zero-order valence-corrected chi connectivity index (χ0v) is 20.1. The van der Waals surface area contributed by atoms with Crippen LogP contribution in [0.3, 0.4) is 0 Å². The molecule has 2 heterocycles. The Morgan fingerprint density at radius 3 is 2.60 bits per heavy atom. The van der Waals surface area contributed by atoms with Gasteiger partial charge in [0.1, 0.15) is 10.9 Å². The second kappa shape index (κ2) is 10.9. The summed E-state index contributed by atoms with van der Waals surface area (Å²) < 4.78 is 28.4. The van der Waals surface area contributed by atoms with Gasteiger partial charge in [0.2, 0.25) is 5.91 Å². The first-order valence-corrected chi connectivity index (χ1v) is 11.7. The quantitative estimate of drug-likeness (QED) is 0.472. The third kappa shape index (κ3) is 6.41. The number of aliphatic hydroxyl groups is 1. The van der Waals surface area contributed by atoms with Gasteiger partial charge in [-0.15, -0.1) is 17.8 Å². The lowest BCUT2D eigenvalue weighted by molar-refractivity contribution is -0.147. The van der Waals surface area contributed by atoms with Crippen molar-refractivity contribution >= 4 is 29.1 Å². The highest BCUT2D eigenvalue weighted by atomic mass is 32.1. The van der Waals surface area contributed by atoms with Gasteiger partial charge in [-0.05, 0) is 25.8 Å². The molecule has 1 aliphatic heterocycles. The third-order valence-electron chi connectivity index (χ3n) is 5.58. The van der Waals surface area contributed by atoms with E-state index >= 15 is 0 Å². The number of aryl methyl sites for hydroxylation is 2. The van der Waals surface area contributed by atoms with Gasteiger partial charge in [-0.1, -0.05) is 36.3 Å². The van der Waals surface area contributed by atoms with Crippen molar-refractivity contribution in [1.29, 1.82) is 0 Å². The number of likely N-dealkylation sites (tertiary alicyclic amines) is 1. The minimum atomic E-state index is -3.32. The maximum absolute atomic E-state index is 14.2. The average Bonchev–Trinajstić information content (AvgIpc) is 3.33. The summed E-state index contributed by atoms with van der Waals surface area (Å²) in [4.78, 5) is 43.7. The average molecular weight is 505 g/mol. The van der Waals surface area contributed by atoms with E-state index < -0.39 is 54.8 Å². The highest BCUT2D eigenvalue weighted by molar-refractivity contribution is 7.13. The largest absolute Gasteiger partial charge is 0.381 e. The maximum Gasteiger partial charge on any atom is 0.267 e. The zero-order chi connectivity index (χ0) is 25.8. The molecule has 0 unspecified atom stereocenters. The van der Waals surface area contributed by atoms with E-state index in [0.717, 1.165) is 11.3 Å². The molecule has 1 aromatic heterocycles. The number of amides is 3. The highest BCUT2D eigenvalue weighted by Gasteiger charge is 2.51. The maximum atomic E-state index is 14.2. The van der Waals surface area contributed by atoms with Crippen LogP contribution < -0.4 is 10.6 Å². The Balaban J connectivity index is 1.86. The van der Waals surface area contributed by atoms with Crippen molar-refractivity contribution in [2.75, 3.05) is 13.1 Å². The van der Waals surface area contributed by atoms with Crippen LogP contribution in [0.15, 0.2) is 30.3 Å². The summed E-state index contributed by atoms with van der Waals surface area (Å²) in [5.41, 5.74) is 1.20. The van der Waals surface area contributed by atoms with Crippen molar-refractivity contribution in [3.05, 3.63) is 51.5 Å². The SMILES string of the molecule is C#CCNC(=O)[C@@H]1CC(F)(F)CN1C(=O)[C@@H](O)[C@H](Cc1ccccc1)NC(=O)c1sc(C)nc1C. The van der Waals surface area contributed by atoms with Gasteiger partial charge in [-0.25, -0.2) is 13.8 Å². The standard InChI is InChI=1S/C24H26F2N4O4S/c1-4-10-27-21(32)18-12-24(25,26)13-30(18)23(34)19(31)17(11-16-8-6-5-7-9-16)29-22(33)20-14(2)28-15(3)35-20/h1,5-9,17-19,31H,10-13H2,2-3H3,(H,27,32)(H,29,33)/t17-,18-,19-/m0/s1. The molecule has 1 fully saturated rings. The number of hydrogen-bond donors (Lipinski definition) is 3. The number of rotatable bonds is 8. The van der Waals surface area contributed by atoms with Crippen LogP contribution in [0.2, 0.25) is 0 Å². The molecule has 3 N–H and O–H groups in total. The number of benzene rings is 1. The van der Waals surface area contributed by atoms with Crippen LogP contribution in [0.25, 0.3) is 0 Å². The number of alkyl halides is 2. The fraction of sp³-hybridized carbons (Fsp3) is 0.417. The van der Waals surface area contributed by atoms with Crippen molar-refractivity contribution < 1.29 is 28.3 Å². The molecule has 0 bridgehead atoms. The summed E-state index contributed by atoms with van der Waals surface area (Å²) in [5, 5.41) is 16.6. The van der Waals surface area contributed by atoms with Crippen LogP contribution in [0, 0.1) is 26.2 Å². The van der Waals surface area contributed by atoms with Crippen molar-refractivity contribution in [1.82, 2.24) is 20.5 Å². The number of carbonyl (C=O) groups is 3. The molecule has 0 aliphatic carbocycles. The molecule has 0 radical (unpaired) electrons. The van der Waals surface area contributed by atoms with Gasteiger partial charge in [-0.2, -0.15) is 0 Å². The summed E-state index contributed by atoms with van der Waals surface area (Å²) in [6.07, 6.45) is 2.39. The summed E-state index contributed by atoms with van der Waals surface area (Å²) >= 11 is 1.16. The van der Waals surface area contributed by atoms with Crippen molar-refractivity contribution in [3.63, 3.8) is 0 Å². The fourth-order valence-electron chi connectivity index (χ4n) is 3.97. The van der Waals surface area contributed by atoms with Gasteiger partial charge in [0.25, 0.3) is 17.7 Å². The fourth-order valence-corrected chi connectivity index (χ4v) is 4.79. The van der Waals surface area contributed by atoms with E-state index in [1.165, 1.54) is 0 Å². The number of halogens is 2. The number of aliphatic hydroxyl groups excluding tert-OH is 1. The third-order valence-corrected chi connectivity index (χ3v) is 6.65. The Hall–Kier alpha value is -3.36. The lowest BCUT2D eigenvalue weighted by atomic mass is 9.99. The molecule has 11 heteroatoms. The smallest absolute Gasteiger partial charge is 0.267 e. The number of hydrogen-bond acceptors (Lipinski definition) is 6. The number of nitrogens with one attached hydrogen (secondary N) is 2. The van der Waals surface area contributed by atoms with Crippen LogP contribution in [0.5, 0.6) is 0 Å². The first-order valence-electron chi connectivity index (χ1n) is 10.9. The first kappa shape index (κ1) is 26.2. The van der Waals surface area contributed by atoms with E-state index in [9.17, 15) is 28.3 Å². The molecule has 3 amide bonds. The number of thiazole rings is 1. The van der Waals surface area contributed by atoms with Crippen LogP contribution in [-0.4, -0.2) is 69.9 Å². The topological polar surface area (TPSA) is 112 Å². The van der Waals surface area contributed by atoms with E-state index in [1.54, 1.807) is 44.2 Å². The highest BCUT2D eigenvalue weighted by Crippen LogP contribution is 2.33. The number of terminal acetylenes is 1. The lowest BCUT2D eigenvalue weighted by Gasteiger charge is -2.30. The predicted molar refractivity (Wildman–Crippen MR) is 126 cm³/mol. The van der Waals surface area contributed by atoms with Gasteiger partial charge in [-0.3, -0.25) is 14.4 Å². The Bertz CT molecular complexity index is 1130. The van der Waals surface area contributed by atoms with Gasteiger partial charge < -0.3 is 20.6 Å². The predicted octanol–water partition coefficient (Wildman–Crippen LogP) is 1.45. The van der Waals surface area contributed by atoms with Crippen LogP contribution in [-0.2, 0) is 16.0 Å². The Morgan fingerprint density at radius 1 is 1.31 bits per heavy atom. The van der Waals surface area contributed by atoms with Crippen molar-refractivity contribution in [2.24, 2.45) is 0 Å². The minimum Gasteiger partial charge on any atom is -0.381 e. The molecule has 3 rings (SSSR count). The van der Waals surface area contributed by atoms with Gasteiger partial charge >= 0.3 is 0 Å². The number of carbonyl (C=O) groups excluding carboxylic acids is 3. The summed E-state index contributed by atoms with van der Waals surface area (Å²) in [6.45, 7) is 2.19. The van der Waals surface area contributed by atoms with Crippen LogP contribution in [0.4, 0.5) is 8.78 Å². The van der Waals surface area contributed by atoms with Crippen molar-refractivity contribution in [3.8, 4) is 12.3 Å². The molecular weight excluding hydrogens is 478 g/mol. The van der Waals surface area contributed by atoms with E-state index in [4.69, 9.17) is 6.42 Å². The van der Waals surface area contributed by atoms with E-state index in [0.29, 0.717) is 26.0 Å². The molecule has 1 saturated heterocycles. The first-order chi connectivity index (χ1) is 16.5. The van der Waals surface area contributed by atoms with Crippen LogP contribution >= 0.6 is 11.3 Å². The minimum absolute atomic E-state index is 0.0501. The molecule has 1 aliphatic rings. The van der Waals surface area contributed by atoms with Crippen molar-refractivity contribution in [2.45, 2.75) is 50.8 Å². The Morgan fingerprint density at radius 2 is 2.00 bits per heavy atom. The summed E-state index contributed by atoms with van der Waals surface area (Å²) in [5.74, 6) is -3.60. The summed E-state index contributed by atoms with van der Waals surface area (Å²) in [7, 11) is 0. The summed E-state index contributed by atoms with van der Waals surface area (Å²) in [6, 6.07) is 6.14. The molecular formula is C24H26F2N4O4S. The lowest BCUT2D eigenvalue weighted by Crippen LogP contribution is -2.56. The Labute approximate surface area is 205 Å². The number of nitrogens with zero attached hydrogens (tertiary/aromatic N) is 2. The number of aromatic nitrogens is 1. The van der Waals surface area contributed by atoms with Gasteiger partial charge in [0, 0.05) is 6.42 Å². The van der Waals surface area contributed by atoms with Crippen LogP contribution in [0.1, 0.15) is 32.4 Å². The monoisotopic (exact) mass is 504 g/mol. The van der Waals surface area contributed by atoms with Gasteiger partial charge in [0.15, 0.2) is 6.10 Å². The molecule has 1 aromatic carbocycles. The molecule has 0 saturated carbocycles. The Kier molecular flexibility index (Phi) is 8.19. The molecule has 3 atom stereocenters. The van der Waals surface area contributed by atoms with E-state index in [1.807, 2.05) is 0 Å². The van der Waals surface area contributed by atoms with E-state index in [2.05, 4.69) is 21.5 Å². The molecule has 186 valence electrons. The molecule has 0 spiro atoms. The molecule has 2 aromatic rings. The normalized spacial score (nSPS) is 18.4. The zero-order valence-electron chi connectivity index (χ0n) is 19.3. The molecule has 35 heavy (non-hydrogen) atoms. The van der Waals surface area contributed by atoms with Gasteiger partial charge in [0.05, 0.1) is 29.8 Å². The second-order valence-electron chi connectivity index (χ2n) is 8.33.